The third-order valence-corrected chi connectivity index (χ3v) is 5.97. The van der Waals surface area contributed by atoms with E-state index in [0.29, 0.717) is 29.6 Å². The van der Waals surface area contributed by atoms with Crippen molar-refractivity contribution in [3.8, 4) is 0 Å². The molecule has 0 radical (unpaired) electrons. The van der Waals surface area contributed by atoms with E-state index in [1.54, 1.807) is 18.4 Å². The molecule has 0 saturated carbocycles. The Balaban J connectivity index is 1.60. The van der Waals surface area contributed by atoms with E-state index in [2.05, 4.69) is 22.2 Å². The number of aryl methyl sites for hydroxylation is 1. The highest BCUT2D eigenvalue weighted by Gasteiger charge is 2.26. The lowest BCUT2D eigenvalue weighted by Crippen LogP contribution is -2.41. The van der Waals surface area contributed by atoms with Crippen LogP contribution in [0.1, 0.15) is 61.3 Å². The molecule has 1 fully saturated rings. The van der Waals surface area contributed by atoms with Gasteiger partial charge in [-0.15, -0.1) is 0 Å². The summed E-state index contributed by atoms with van der Waals surface area (Å²) in [5, 5.41) is 8.62. The summed E-state index contributed by atoms with van der Waals surface area (Å²) in [4.78, 5) is 28.4. The number of unbranched alkanes of at least 4 members (excludes halogenated alkanes) is 1. The van der Waals surface area contributed by atoms with E-state index in [1.165, 1.54) is 11.1 Å². The van der Waals surface area contributed by atoms with Crippen LogP contribution in [0.15, 0.2) is 51.9 Å². The van der Waals surface area contributed by atoms with E-state index >= 15 is 0 Å². The Bertz CT molecular complexity index is 1070. The lowest BCUT2D eigenvalue weighted by atomic mass is 10.1. The molecule has 2 aromatic heterocycles. The van der Waals surface area contributed by atoms with Crippen molar-refractivity contribution in [2.45, 2.75) is 51.6 Å². The van der Waals surface area contributed by atoms with Crippen LogP contribution in [-0.2, 0) is 6.54 Å². The average Bonchev–Trinajstić information content (AvgIpc) is 3.34. The van der Waals surface area contributed by atoms with Crippen molar-refractivity contribution in [1.29, 1.82) is 0 Å². The van der Waals surface area contributed by atoms with E-state index in [0.717, 1.165) is 44.5 Å². The van der Waals surface area contributed by atoms with Gasteiger partial charge in [0.25, 0.3) is 11.5 Å². The molecule has 0 spiro atoms. The van der Waals surface area contributed by atoms with Crippen LogP contribution < -0.4 is 10.9 Å². The summed E-state index contributed by atoms with van der Waals surface area (Å²) in [5.41, 5.74) is 0.144. The Kier molecular flexibility index (Phi) is 6.82. The van der Waals surface area contributed by atoms with Crippen molar-refractivity contribution in [2.75, 3.05) is 19.6 Å². The van der Waals surface area contributed by atoms with Crippen LogP contribution in [0.5, 0.6) is 0 Å². The molecule has 1 N–H and O–H groups in total. The number of carbonyl (C=O) groups excluding carboxylic acids is 1. The number of hydrogen-bond acceptors (Lipinski definition) is 5. The van der Waals surface area contributed by atoms with Gasteiger partial charge in [0.1, 0.15) is 5.76 Å². The third kappa shape index (κ3) is 4.71. The zero-order valence-corrected chi connectivity index (χ0v) is 18.0. The standard InChI is InChI=1S/C24H30N4O3/c1-2-3-15-28-24(30)19-11-6-5-10-18(19)22(26-28)23(29)25-17-20(21-12-9-16-31-21)27-13-7-4-8-14-27/h5-6,9-12,16,20H,2-4,7-8,13-15,17H2,1H3,(H,25,29)/t20-/m1/s1. The first kappa shape index (κ1) is 21.3. The highest BCUT2D eigenvalue weighted by Crippen LogP contribution is 2.24. The van der Waals surface area contributed by atoms with Crippen molar-refractivity contribution >= 4 is 16.7 Å². The third-order valence-electron chi connectivity index (χ3n) is 5.97. The molecule has 1 amide bonds. The number of fused-ring (bicyclic) bond motifs is 1. The second kappa shape index (κ2) is 9.92. The maximum atomic E-state index is 13.2. The van der Waals surface area contributed by atoms with E-state index in [1.807, 2.05) is 24.3 Å². The number of nitrogens with zero attached hydrogens (tertiary/aromatic N) is 3. The van der Waals surface area contributed by atoms with Crippen LogP contribution in [0.3, 0.4) is 0 Å². The monoisotopic (exact) mass is 422 g/mol. The quantitative estimate of drug-likeness (QED) is 0.598. The molecular formula is C24H30N4O3. The Morgan fingerprint density at radius 1 is 1.13 bits per heavy atom. The van der Waals surface area contributed by atoms with E-state index < -0.39 is 0 Å². The van der Waals surface area contributed by atoms with Gasteiger partial charge < -0.3 is 9.73 Å². The number of amides is 1. The Morgan fingerprint density at radius 2 is 1.90 bits per heavy atom. The molecule has 1 atom stereocenters. The molecule has 164 valence electrons. The van der Waals surface area contributed by atoms with Gasteiger partial charge in [-0.1, -0.05) is 38.0 Å². The van der Waals surface area contributed by atoms with Crippen LogP contribution >= 0.6 is 0 Å². The van der Waals surface area contributed by atoms with Crippen molar-refractivity contribution in [2.24, 2.45) is 0 Å². The molecule has 1 aliphatic rings. The van der Waals surface area contributed by atoms with Gasteiger partial charge in [0.2, 0.25) is 0 Å². The number of likely N-dealkylation sites (tertiary alicyclic amines) is 1. The molecule has 1 saturated heterocycles. The molecule has 0 unspecified atom stereocenters. The maximum Gasteiger partial charge on any atom is 0.274 e. The number of hydrogen-bond donors (Lipinski definition) is 1. The van der Waals surface area contributed by atoms with Crippen molar-refractivity contribution in [1.82, 2.24) is 20.0 Å². The molecule has 3 aromatic rings. The predicted octanol–water partition coefficient (Wildman–Crippen LogP) is 3.75. The second-order valence-corrected chi connectivity index (χ2v) is 8.11. The smallest absolute Gasteiger partial charge is 0.274 e. The van der Waals surface area contributed by atoms with E-state index in [-0.39, 0.29) is 17.5 Å². The lowest BCUT2D eigenvalue weighted by Gasteiger charge is -2.33. The molecule has 7 nitrogen and oxygen atoms in total. The van der Waals surface area contributed by atoms with Crippen molar-refractivity contribution in [3.05, 3.63) is 64.5 Å². The second-order valence-electron chi connectivity index (χ2n) is 8.11. The van der Waals surface area contributed by atoms with Crippen LogP contribution in [0.25, 0.3) is 10.8 Å². The van der Waals surface area contributed by atoms with Crippen LogP contribution in [0.4, 0.5) is 0 Å². The lowest BCUT2D eigenvalue weighted by molar-refractivity contribution is 0.0908. The highest BCUT2D eigenvalue weighted by atomic mass is 16.3. The minimum Gasteiger partial charge on any atom is -0.468 e. The number of nitrogens with one attached hydrogen (secondary N) is 1. The van der Waals surface area contributed by atoms with Gasteiger partial charge in [0, 0.05) is 18.5 Å². The SMILES string of the molecule is CCCCn1nc(C(=O)NC[C@H](c2ccco2)N2CCCCC2)c2ccccc2c1=O. The molecule has 31 heavy (non-hydrogen) atoms. The van der Waals surface area contributed by atoms with Gasteiger partial charge in [-0.25, -0.2) is 4.68 Å². The summed E-state index contributed by atoms with van der Waals surface area (Å²) in [7, 11) is 0. The molecule has 3 heterocycles. The first-order valence-corrected chi connectivity index (χ1v) is 11.2. The summed E-state index contributed by atoms with van der Waals surface area (Å²) in [6.45, 7) is 4.98. The average molecular weight is 423 g/mol. The number of rotatable bonds is 8. The number of carbonyl (C=O) groups is 1. The van der Waals surface area contributed by atoms with E-state index in [4.69, 9.17) is 4.42 Å². The van der Waals surface area contributed by atoms with Gasteiger partial charge in [0.05, 0.1) is 17.7 Å². The molecular weight excluding hydrogens is 392 g/mol. The highest BCUT2D eigenvalue weighted by molar-refractivity contribution is 6.04. The molecule has 1 aromatic carbocycles. The van der Waals surface area contributed by atoms with Crippen molar-refractivity contribution < 1.29 is 9.21 Å². The fourth-order valence-corrected chi connectivity index (χ4v) is 4.26. The normalized spacial score (nSPS) is 15.8. The number of benzene rings is 1. The fraction of sp³-hybridized carbons (Fsp3) is 0.458. The molecule has 4 rings (SSSR count). The summed E-state index contributed by atoms with van der Waals surface area (Å²) in [6.07, 6.45) is 7.00. The number of aromatic nitrogens is 2. The largest absolute Gasteiger partial charge is 0.468 e. The topological polar surface area (TPSA) is 80.4 Å². The summed E-state index contributed by atoms with van der Waals surface area (Å²) in [5.74, 6) is 0.586. The Morgan fingerprint density at radius 3 is 2.61 bits per heavy atom. The van der Waals surface area contributed by atoms with Gasteiger partial charge in [-0.3, -0.25) is 14.5 Å². The summed E-state index contributed by atoms with van der Waals surface area (Å²) >= 11 is 0. The predicted molar refractivity (Wildman–Crippen MR) is 120 cm³/mol. The summed E-state index contributed by atoms with van der Waals surface area (Å²) in [6, 6.07) is 11.0. The zero-order chi connectivity index (χ0) is 21.6. The minimum atomic E-state index is -0.269. The van der Waals surface area contributed by atoms with Gasteiger partial charge in [-0.2, -0.15) is 5.10 Å². The van der Waals surface area contributed by atoms with Crippen LogP contribution in [-0.4, -0.2) is 40.2 Å². The molecule has 0 aliphatic carbocycles. The number of piperidine rings is 1. The first-order valence-electron chi connectivity index (χ1n) is 11.2. The molecule has 1 aliphatic heterocycles. The van der Waals surface area contributed by atoms with Gasteiger partial charge in [0.15, 0.2) is 5.69 Å². The fourth-order valence-electron chi connectivity index (χ4n) is 4.26. The molecule has 0 bridgehead atoms. The van der Waals surface area contributed by atoms with Gasteiger partial charge in [-0.05, 0) is 50.6 Å². The Hall–Kier alpha value is -2.93. The van der Waals surface area contributed by atoms with E-state index in [9.17, 15) is 9.59 Å². The first-order chi connectivity index (χ1) is 15.2. The molecule has 7 heteroatoms. The zero-order valence-electron chi connectivity index (χ0n) is 18.0. The van der Waals surface area contributed by atoms with Gasteiger partial charge >= 0.3 is 0 Å². The maximum absolute atomic E-state index is 13.2. The van der Waals surface area contributed by atoms with Crippen molar-refractivity contribution in [3.63, 3.8) is 0 Å². The Labute approximate surface area is 182 Å². The summed E-state index contributed by atoms with van der Waals surface area (Å²) < 4.78 is 7.11. The number of furan rings is 1. The van der Waals surface area contributed by atoms with Crippen LogP contribution in [0, 0.1) is 0 Å². The van der Waals surface area contributed by atoms with Crippen LogP contribution in [0.2, 0.25) is 0 Å². The minimum absolute atomic E-state index is 0.0171.